The zero-order chi connectivity index (χ0) is 14.7. The number of hydrogen-bond donors (Lipinski definition) is 2. The highest BCUT2D eigenvalue weighted by Gasteiger charge is 2.29. The summed E-state index contributed by atoms with van der Waals surface area (Å²) >= 11 is 12.4. The number of halogens is 2. The van der Waals surface area contributed by atoms with E-state index < -0.39 is 0 Å². The molecule has 1 aliphatic heterocycles. The molecule has 0 aliphatic carbocycles. The molecule has 0 radical (unpaired) electrons. The molecule has 0 bridgehead atoms. The minimum Gasteiger partial charge on any atom is -0.358 e. The van der Waals surface area contributed by atoms with Gasteiger partial charge in [-0.25, -0.2) is 4.98 Å². The van der Waals surface area contributed by atoms with Gasteiger partial charge >= 0.3 is 0 Å². The van der Waals surface area contributed by atoms with E-state index in [-0.39, 0.29) is 11.9 Å². The number of piperazine rings is 1. The molecule has 1 aliphatic rings. The molecule has 2 heterocycles. The number of rotatable bonds is 3. The third-order valence-corrected chi connectivity index (χ3v) is 4.06. The lowest BCUT2D eigenvalue weighted by atomic mass is 10.1. The molecular formula is C13H18Cl2N4O. The second kappa shape index (κ2) is 6.72. The van der Waals surface area contributed by atoms with Crippen LogP contribution < -0.4 is 10.6 Å². The van der Waals surface area contributed by atoms with Crippen LogP contribution in [0, 0.1) is 6.92 Å². The molecular weight excluding hydrogens is 299 g/mol. The van der Waals surface area contributed by atoms with Crippen molar-refractivity contribution in [3.05, 3.63) is 27.5 Å². The summed E-state index contributed by atoms with van der Waals surface area (Å²) in [5, 5.41) is 6.91. The lowest BCUT2D eigenvalue weighted by Gasteiger charge is -2.35. The summed E-state index contributed by atoms with van der Waals surface area (Å²) in [6.07, 6.45) is 0. The first kappa shape index (κ1) is 15.5. The van der Waals surface area contributed by atoms with Crippen molar-refractivity contribution in [2.75, 3.05) is 26.7 Å². The van der Waals surface area contributed by atoms with Crippen molar-refractivity contribution in [2.24, 2.45) is 0 Å². The summed E-state index contributed by atoms with van der Waals surface area (Å²) in [7, 11) is 1.64. The molecule has 5 nitrogen and oxygen atoms in total. The Morgan fingerprint density at radius 1 is 1.60 bits per heavy atom. The van der Waals surface area contributed by atoms with Crippen molar-refractivity contribution >= 4 is 29.1 Å². The van der Waals surface area contributed by atoms with E-state index in [9.17, 15) is 4.79 Å². The monoisotopic (exact) mass is 316 g/mol. The lowest BCUT2D eigenvalue weighted by molar-refractivity contribution is -0.126. The van der Waals surface area contributed by atoms with Crippen LogP contribution in [0.4, 0.5) is 0 Å². The molecule has 1 fully saturated rings. The van der Waals surface area contributed by atoms with Crippen LogP contribution >= 0.6 is 23.2 Å². The highest BCUT2D eigenvalue weighted by Crippen LogP contribution is 2.26. The summed E-state index contributed by atoms with van der Waals surface area (Å²) in [5.74, 6) is -0.00971. The van der Waals surface area contributed by atoms with Gasteiger partial charge in [0.1, 0.15) is 11.2 Å². The van der Waals surface area contributed by atoms with Crippen molar-refractivity contribution in [1.29, 1.82) is 0 Å². The predicted octanol–water partition coefficient (Wildman–Crippen LogP) is 1.22. The predicted molar refractivity (Wildman–Crippen MR) is 80.1 cm³/mol. The first-order valence-electron chi connectivity index (χ1n) is 6.50. The van der Waals surface area contributed by atoms with E-state index in [4.69, 9.17) is 23.2 Å². The van der Waals surface area contributed by atoms with Gasteiger partial charge in [0.15, 0.2) is 0 Å². The number of nitrogens with one attached hydrogen (secondary N) is 2. The molecule has 110 valence electrons. The molecule has 1 amide bonds. The van der Waals surface area contributed by atoms with Crippen LogP contribution in [0.5, 0.6) is 0 Å². The summed E-state index contributed by atoms with van der Waals surface area (Å²) in [6, 6.07) is 1.57. The third kappa shape index (κ3) is 3.41. The van der Waals surface area contributed by atoms with Gasteiger partial charge in [-0.15, -0.1) is 0 Å². The number of aryl methyl sites for hydroxylation is 1. The van der Waals surface area contributed by atoms with Crippen LogP contribution in [-0.2, 0) is 11.3 Å². The molecule has 1 unspecified atom stereocenters. The molecule has 1 aromatic rings. The van der Waals surface area contributed by atoms with E-state index in [1.165, 1.54) is 0 Å². The topological polar surface area (TPSA) is 57.3 Å². The minimum absolute atomic E-state index is 0.00971. The maximum Gasteiger partial charge on any atom is 0.238 e. The largest absolute Gasteiger partial charge is 0.358 e. The summed E-state index contributed by atoms with van der Waals surface area (Å²) in [6.45, 7) is 4.58. The number of carbonyl (C=O) groups excluding carboxylic acids is 1. The quantitative estimate of drug-likeness (QED) is 0.823. The van der Waals surface area contributed by atoms with Crippen LogP contribution in [0.25, 0.3) is 0 Å². The molecule has 2 N–H and O–H groups in total. The second-order valence-electron chi connectivity index (χ2n) is 4.82. The molecule has 2 rings (SSSR count). The maximum absolute atomic E-state index is 11.9. The van der Waals surface area contributed by atoms with Gasteiger partial charge in [-0.3, -0.25) is 9.69 Å². The molecule has 7 heteroatoms. The minimum atomic E-state index is -0.220. The smallest absolute Gasteiger partial charge is 0.238 e. The molecule has 0 spiro atoms. The first-order valence-corrected chi connectivity index (χ1v) is 7.26. The van der Waals surface area contributed by atoms with Crippen molar-refractivity contribution in [2.45, 2.75) is 19.5 Å². The first-order chi connectivity index (χ1) is 9.52. The van der Waals surface area contributed by atoms with Crippen LogP contribution in [0.15, 0.2) is 6.07 Å². The fourth-order valence-electron chi connectivity index (χ4n) is 2.33. The average molecular weight is 317 g/mol. The van der Waals surface area contributed by atoms with E-state index in [2.05, 4.69) is 20.5 Å². The van der Waals surface area contributed by atoms with E-state index >= 15 is 0 Å². The molecule has 20 heavy (non-hydrogen) atoms. The summed E-state index contributed by atoms with van der Waals surface area (Å²) in [5.41, 5.74) is 1.56. The highest BCUT2D eigenvalue weighted by atomic mass is 35.5. The van der Waals surface area contributed by atoms with Crippen LogP contribution in [-0.4, -0.2) is 48.5 Å². The van der Waals surface area contributed by atoms with Gasteiger partial charge in [0, 0.05) is 49.5 Å². The van der Waals surface area contributed by atoms with Crippen LogP contribution in [0.3, 0.4) is 0 Å². The Labute approximate surface area is 128 Å². The summed E-state index contributed by atoms with van der Waals surface area (Å²) in [4.78, 5) is 18.2. The van der Waals surface area contributed by atoms with E-state index in [0.29, 0.717) is 23.3 Å². The zero-order valence-corrected chi connectivity index (χ0v) is 13.1. The maximum atomic E-state index is 11.9. The fraction of sp³-hybridized carbons (Fsp3) is 0.538. The molecule has 1 saturated heterocycles. The van der Waals surface area contributed by atoms with Gasteiger partial charge in [-0.05, 0) is 13.0 Å². The Kier molecular flexibility index (Phi) is 5.21. The molecule has 0 aromatic carbocycles. The standard InChI is InChI=1S/C13H18Cl2N4O/c1-8-5-10(14)9(12(15)18-8)7-19-4-3-17-6-11(19)13(20)16-2/h5,11,17H,3-4,6-7H2,1-2H3,(H,16,20). The van der Waals surface area contributed by atoms with Gasteiger partial charge in [0.25, 0.3) is 0 Å². The number of likely N-dealkylation sites (N-methyl/N-ethyl adjacent to an activating group) is 1. The highest BCUT2D eigenvalue weighted by molar-refractivity contribution is 6.35. The van der Waals surface area contributed by atoms with Gasteiger partial charge in [0.2, 0.25) is 5.91 Å². The van der Waals surface area contributed by atoms with Gasteiger partial charge in [-0.2, -0.15) is 0 Å². The third-order valence-electron chi connectivity index (χ3n) is 3.41. The van der Waals surface area contributed by atoms with Crippen molar-refractivity contribution in [3.63, 3.8) is 0 Å². The fourth-order valence-corrected chi connectivity index (χ4v) is 2.98. The Morgan fingerprint density at radius 2 is 2.35 bits per heavy atom. The number of hydrogen-bond acceptors (Lipinski definition) is 4. The van der Waals surface area contributed by atoms with Crippen molar-refractivity contribution in [1.82, 2.24) is 20.5 Å². The SMILES string of the molecule is CNC(=O)C1CNCCN1Cc1c(Cl)cc(C)nc1Cl. The normalized spacial score (nSPS) is 19.9. The Morgan fingerprint density at radius 3 is 3.00 bits per heavy atom. The number of nitrogens with zero attached hydrogens (tertiary/aromatic N) is 2. The van der Waals surface area contributed by atoms with E-state index in [0.717, 1.165) is 24.3 Å². The Hall–Kier alpha value is -0.880. The molecule has 1 atom stereocenters. The van der Waals surface area contributed by atoms with Gasteiger partial charge in [0.05, 0.1) is 0 Å². The van der Waals surface area contributed by atoms with Crippen LogP contribution in [0.1, 0.15) is 11.3 Å². The number of aromatic nitrogens is 1. The Balaban J connectivity index is 2.21. The van der Waals surface area contributed by atoms with Crippen LogP contribution in [0.2, 0.25) is 10.2 Å². The van der Waals surface area contributed by atoms with Crippen molar-refractivity contribution < 1.29 is 4.79 Å². The van der Waals surface area contributed by atoms with E-state index in [1.807, 2.05) is 6.92 Å². The van der Waals surface area contributed by atoms with Gasteiger partial charge in [-0.1, -0.05) is 23.2 Å². The van der Waals surface area contributed by atoms with Crippen molar-refractivity contribution in [3.8, 4) is 0 Å². The zero-order valence-electron chi connectivity index (χ0n) is 11.5. The number of pyridine rings is 1. The molecule has 1 aromatic heterocycles. The molecule has 0 saturated carbocycles. The number of amides is 1. The second-order valence-corrected chi connectivity index (χ2v) is 5.58. The summed E-state index contributed by atoms with van der Waals surface area (Å²) < 4.78 is 0. The Bertz CT molecular complexity index is 486. The number of carbonyl (C=O) groups is 1. The van der Waals surface area contributed by atoms with E-state index in [1.54, 1.807) is 13.1 Å². The van der Waals surface area contributed by atoms with Gasteiger partial charge < -0.3 is 10.6 Å². The average Bonchev–Trinajstić information content (AvgIpc) is 2.42. The lowest BCUT2D eigenvalue weighted by Crippen LogP contribution is -2.56.